The van der Waals surface area contributed by atoms with Crippen LogP contribution in [0.4, 0.5) is 10.2 Å². The van der Waals surface area contributed by atoms with Crippen LogP contribution in [0.15, 0.2) is 53.2 Å². The van der Waals surface area contributed by atoms with Gasteiger partial charge >= 0.3 is 0 Å². The molecule has 0 atom stereocenters. The third-order valence-electron chi connectivity index (χ3n) is 4.87. The molecule has 29 heavy (non-hydrogen) atoms. The van der Waals surface area contributed by atoms with Crippen LogP contribution in [0.1, 0.15) is 24.3 Å². The molecule has 0 aliphatic carbocycles. The number of nitrogens with zero attached hydrogens (tertiary/aromatic N) is 5. The van der Waals surface area contributed by atoms with Gasteiger partial charge in [-0.05, 0) is 42.3 Å². The Morgan fingerprint density at radius 1 is 1.14 bits per heavy atom. The first-order valence-corrected chi connectivity index (χ1v) is 9.31. The van der Waals surface area contributed by atoms with Gasteiger partial charge in [-0.3, -0.25) is 14.7 Å². The fraction of sp³-hybridized carbons (Fsp3) is 0.190. The fourth-order valence-electron chi connectivity index (χ4n) is 3.46. The molecule has 0 unspecified atom stereocenters. The van der Waals surface area contributed by atoms with Crippen LogP contribution in [0, 0.1) is 5.82 Å². The molecule has 0 spiro atoms. The van der Waals surface area contributed by atoms with E-state index in [1.165, 1.54) is 12.1 Å². The van der Waals surface area contributed by atoms with Crippen molar-refractivity contribution >= 4 is 22.6 Å². The summed E-state index contributed by atoms with van der Waals surface area (Å²) in [6.07, 6.45) is 3.39. The van der Waals surface area contributed by atoms with Crippen molar-refractivity contribution in [3.8, 4) is 11.5 Å². The van der Waals surface area contributed by atoms with Gasteiger partial charge in [0.15, 0.2) is 0 Å². The standard InChI is InChI=1S/C21H16FN5O2/c22-14-7-5-13(6-8-14)11-18-25-20(26-29-18)17-12-16-15(3-1-9-23-16)21(24-17)27-10-2-4-19(27)28/h1,3,5-9,12H,2,4,10-11H2. The Balaban J connectivity index is 1.53. The van der Waals surface area contributed by atoms with Crippen LogP contribution in [-0.2, 0) is 11.2 Å². The fourth-order valence-corrected chi connectivity index (χ4v) is 3.46. The number of aromatic nitrogens is 4. The molecule has 7 nitrogen and oxygen atoms in total. The van der Waals surface area contributed by atoms with Crippen LogP contribution in [0.25, 0.3) is 22.4 Å². The zero-order valence-corrected chi connectivity index (χ0v) is 15.4. The average molecular weight is 389 g/mol. The third-order valence-corrected chi connectivity index (χ3v) is 4.87. The van der Waals surface area contributed by atoms with E-state index in [2.05, 4.69) is 20.1 Å². The zero-order valence-electron chi connectivity index (χ0n) is 15.4. The van der Waals surface area contributed by atoms with Crippen LogP contribution < -0.4 is 4.90 Å². The molecular formula is C21H16FN5O2. The van der Waals surface area contributed by atoms with E-state index in [9.17, 15) is 9.18 Å². The first-order valence-electron chi connectivity index (χ1n) is 9.31. The number of carbonyl (C=O) groups excluding carboxylic acids is 1. The number of pyridine rings is 2. The summed E-state index contributed by atoms with van der Waals surface area (Å²) in [6.45, 7) is 0.626. The van der Waals surface area contributed by atoms with Crippen LogP contribution in [0.2, 0.25) is 0 Å². The molecule has 4 heterocycles. The Bertz CT molecular complexity index is 1210. The predicted octanol–water partition coefficient (Wildman–Crippen LogP) is 3.54. The Morgan fingerprint density at radius 3 is 2.79 bits per heavy atom. The van der Waals surface area contributed by atoms with E-state index >= 15 is 0 Å². The van der Waals surface area contributed by atoms with Gasteiger partial charge in [0.2, 0.25) is 17.6 Å². The van der Waals surface area contributed by atoms with Crippen molar-refractivity contribution < 1.29 is 13.7 Å². The van der Waals surface area contributed by atoms with Gasteiger partial charge in [-0.25, -0.2) is 9.37 Å². The minimum absolute atomic E-state index is 0.0462. The Kier molecular flexibility index (Phi) is 4.23. The molecule has 1 aromatic carbocycles. The van der Waals surface area contributed by atoms with E-state index in [0.29, 0.717) is 48.1 Å². The van der Waals surface area contributed by atoms with E-state index in [4.69, 9.17) is 4.52 Å². The Morgan fingerprint density at radius 2 is 2.00 bits per heavy atom. The lowest BCUT2D eigenvalue weighted by atomic mass is 10.1. The molecule has 1 aliphatic rings. The normalized spacial score (nSPS) is 14.1. The maximum absolute atomic E-state index is 13.1. The maximum atomic E-state index is 13.1. The topological polar surface area (TPSA) is 85.0 Å². The number of amides is 1. The highest BCUT2D eigenvalue weighted by molar-refractivity contribution is 6.03. The second-order valence-electron chi connectivity index (χ2n) is 6.87. The summed E-state index contributed by atoms with van der Waals surface area (Å²) < 4.78 is 18.4. The molecular weight excluding hydrogens is 373 g/mol. The number of rotatable bonds is 4. The van der Waals surface area contributed by atoms with Gasteiger partial charge in [-0.15, -0.1) is 0 Å². The highest BCUT2D eigenvalue weighted by Crippen LogP contribution is 2.30. The predicted molar refractivity (Wildman–Crippen MR) is 104 cm³/mol. The second kappa shape index (κ2) is 7.05. The van der Waals surface area contributed by atoms with Crippen molar-refractivity contribution in [2.75, 3.05) is 11.4 Å². The van der Waals surface area contributed by atoms with Crippen LogP contribution >= 0.6 is 0 Å². The molecule has 0 radical (unpaired) electrons. The van der Waals surface area contributed by atoms with E-state index in [-0.39, 0.29) is 11.7 Å². The molecule has 3 aromatic heterocycles. The number of hydrogen-bond donors (Lipinski definition) is 0. The van der Waals surface area contributed by atoms with Crippen LogP contribution in [0.3, 0.4) is 0 Å². The number of halogens is 1. The number of hydrogen-bond acceptors (Lipinski definition) is 6. The third kappa shape index (κ3) is 3.33. The van der Waals surface area contributed by atoms with Crippen molar-refractivity contribution in [2.45, 2.75) is 19.3 Å². The highest BCUT2D eigenvalue weighted by atomic mass is 19.1. The Labute approximate surface area is 165 Å². The molecule has 144 valence electrons. The molecule has 0 bridgehead atoms. The van der Waals surface area contributed by atoms with Gasteiger partial charge < -0.3 is 4.52 Å². The minimum Gasteiger partial charge on any atom is -0.339 e. The quantitative estimate of drug-likeness (QED) is 0.531. The van der Waals surface area contributed by atoms with E-state index in [1.807, 2.05) is 12.1 Å². The van der Waals surface area contributed by atoms with Gasteiger partial charge in [0, 0.05) is 24.5 Å². The molecule has 1 amide bonds. The molecule has 8 heteroatoms. The van der Waals surface area contributed by atoms with Gasteiger partial charge in [0.05, 0.1) is 11.9 Å². The summed E-state index contributed by atoms with van der Waals surface area (Å²) in [5.74, 6) is 1.04. The molecule has 1 saturated heterocycles. The van der Waals surface area contributed by atoms with Crippen molar-refractivity contribution in [2.24, 2.45) is 0 Å². The van der Waals surface area contributed by atoms with Crippen molar-refractivity contribution in [3.05, 3.63) is 65.9 Å². The van der Waals surface area contributed by atoms with Crippen molar-refractivity contribution in [1.82, 2.24) is 20.1 Å². The lowest BCUT2D eigenvalue weighted by molar-refractivity contribution is -0.117. The summed E-state index contributed by atoms with van der Waals surface area (Å²) in [5.41, 5.74) is 2.05. The molecule has 1 aliphatic heterocycles. The lowest BCUT2D eigenvalue weighted by Gasteiger charge is -2.17. The summed E-state index contributed by atoms with van der Waals surface area (Å²) in [5, 5.41) is 4.85. The lowest BCUT2D eigenvalue weighted by Crippen LogP contribution is -2.25. The van der Waals surface area contributed by atoms with Gasteiger partial charge in [0.1, 0.15) is 17.3 Å². The van der Waals surface area contributed by atoms with E-state index < -0.39 is 0 Å². The smallest absolute Gasteiger partial charge is 0.231 e. The number of anilines is 1. The van der Waals surface area contributed by atoms with Crippen molar-refractivity contribution in [3.63, 3.8) is 0 Å². The van der Waals surface area contributed by atoms with Gasteiger partial charge in [-0.2, -0.15) is 4.98 Å². The maximum Gasteiger partial charge on any atom is 0.231 e. The molecule has 1 fully saturated rings. The Hall–Kier alpha value is -3.68. The molecule has 4 aromatic rings. The minimum atomic E-state index is -0.295. The number of carbonyl (C=O) groups is 1. The van der Waals surface area contributed by atoms with Gasteiger partial charge in [-0.1, -0.05) is 17.3 Å². The second-order valence-corrected chi connectivity index (χ2v) is 6.87. The van der Waals surface area contributed by atoms with Crippen LogP contribution in [-0.4, -0.2) is 32.6 Å². The number of benzene rings is 1. The number of fused-ring (bicyclic) bond motifs is 1. The highest BCUT2D eigenvalue weighted by Gasteiger charge is 2.26. The summed E-state index contributed by atoms with van der Waals surface area (Å²) in [4.78, 5) is 27.5. The van der Waals surface area contributed by atoms with Crippen LogP contribution in [0.5, 0.6) is 0 Å². The SMILES string of the molecule is O=C1CCCN1c1nc(-c2noc(Cc3ccc(F)cc3)n2)cc2ncccc12. The average Bonchev–Trinajstić information content (AvgIpc) is 3.38. The van der Waals surface area contributed by atoms with E-state index in [0.717, 1.165) is 17.4 Å². The summed E-state index contributed by atoms with van der Waals surface area (Å²) in [7, 11) is 0. The van der Waals surface area contributed by atoms with E-state index in [1.54, 1.807) is 29.3 Å². The molecule has 0 saturated carbocycles. The summed E-state index contributed by atoms with van der Waals surface area (Å²) in [6, 6.07) is 11.6. The first kappa shape index (κ1) is 17.4. The molecule has 0 N–H and O–H groups in total. The monoisotopic (exact) mass is 389 g/mol. The molecule has 5 rings (SSSR count). The van der Waals surface area contributed by atoms with Gasteiger partial charge in [0.25, 0.3) is 0 Å². The first-order chi connectivity index (χ1) is 14.2. The van der Waals surface area contributed by atoms with Crippen molar-refractivity contribution in [1.29, 1.82) is 0 Å². The summed E-state index contributed by atoms with van der Waals surface area (Å²) >= 11 is 0. The zero-order chi connectivity index (χ0) is 19.8. The largest absolute Gasteiger partial charge is 0.339 e.